The van der Waals surface area contributed by atoms with Gasteiger partial charge in [0.05, 0.1) is 5.56 Å². The molecule has 0 aromatic heterocycles. The van der Waals surface area contributed by atoms with E-state index < -0.39 is 5.82 Å². The fraction of sp³-hybridized carbons (Fsp3) is 0.500. The average molecular weight is 250 g/mol. The number of amides is 1. The third kappa shape index (κ3) is 2.33. The molecular weight excluding hydrogens is 231 g/mol. The van der Waals surface area contributed by atoms with Crippen LogP contribution in [0, 0.1) is 11.7 Å². The molecule has 2 N–H and O–H groups in total. The Morgan fingerprint density at radius 2 is 2.17 bits per heavy atom. The number of nitrogens with zero attached hydrogens (tertiary/aromatic N) is 1. The molecule has 2 rings (SSSR count). The largest absolute Gasteiger partial charge is 0.399 e. The van der Waals surface area contributed by atoms with Gasteiger partial charge < -0.3 is 10.6 Å². The molecule has 1 aliphatic heterocycles. The first kappa shape index (κ1) is 12.9. The van der Waals surface area contributed by atoms with E-state index in [4.69, 9.17) is 5.73 Å². The van der Waals surface area contributed by atoms with Crippen LogP contribution in [0.3, 0.4) is 0 Å². The number of nitrogen functional groups attached to an aromatic ring is 1. The monoisotopic (exact) mass is 250 g/mol. The number of nitrogens with two attached hydrogens (primary N) is 1. The summed E-state index contributed by atoms with van der Waals surface area (Å²) in [5.41, 5.74) is 5.94. The molecular formula is C14H19FN2O. The van der Waals surface area contributed by atoms with Crippen molar-refractivity contribution in [3.63, 3.8) is 0 Å². The van der Waals surface area contributed by atoms with Gasteiger partial charge in [0, 0.05) is 18.3 Å². The molecule has 1 aromatic carbocycles. The number of piperidine rings is 1. The first-order valence-corrected chi connectivity index (χ1v) is 6.36. The van der Waals surface area contributed by atoms with E-state index in [2.05, 4.69) is 6.92 Å². The fourth-order valence-corrected chi connectivity index (χ4v) is 2.48. The summed E-state index contributed by atoms with van der Waals surface area (Å²) < 4.78 is 13.8. The molecule has 1 heterocycles. The normalized spacial score (nSPS) is 24.1. The first-order valence-electron chi connectivity index (χ1n) is 6.36. The molecule has 2 unspecified atom stereocenters. The van der Waals surface area contributed by atoms with Crippen LogP contribution in [0.1, 0.15) is 37.0 Å². The number of anilines is 1. The summed E-state index contributed by atoms with van der Waals surface area (Å²) >= 11 is 0. The molecule has 0 bridgehead atoms. The summed E-state index contributed by atoms with van der Waals surface area (Å²) in [5, 5.41) is 0. The van der Waals surface area contributed by atoms with Crippen molar-refractivity contribution in [1.29, 1.82) is 0 Å². The highest BCUT2D eigenvalue weighted by Gasteiger charge is 2.30. The van der Waals surface area contributed by atoms with Crippen LogP contribution in [-0.4, -0.2) is 23.4 Å². The summed E-state index contributed by atoms with van der Waals surface area (Å²) in [6.45, 7) is 4.86. The van der Waals surface area contributed by atoms with Crippen LogP contribution in [0.4, 0.5) is 10.1 Å². The molecule has 1 aromatic rings. The van der Waals surface area contributed by atoms with Gasteiger partial charge in [-0.3, -0.25) is 4.79 Å². The Kier molecular flexibility index (Phi) is 3.55. The maximum absolute atomic E-state index is 13.8. The van der Waals surface area contributed by atoms with Crippen molar-refractivity contribution in [2.45, 2.75) is 32.7 Å². The number of likely N-dealkylation sites (tertiary alicyclic amines) is 1. The van der Waals surface area contributed by atoms with Gasteiger partial charge in [-0.1, -0.05) is 6.92 Å². The van der Waals surface area contributed by atoms with E-state index in [0.717, 1.165) is 12.8 Å². The highest BCUT2D eigenvalue weighted by atomic mass is 19.1. The van der Waals surface area contributed by atoms with Gasteiger partial charge in [0.2, 0.25) is 0 Å². The SMILES string of the molecule is CC1CCCN(C(=O)c2ccc(N)cc2F)C1C. The van der Waals surface area contributed by atoms with E-state index >= 15 is 0 Å². The van der Waals surface area contributed by atoms with Crippen LogP contribution in [-0.2, 0) is 0 Å². The minimum Gasteiger partial charge on any atom is -0.399 e. The van der Waals surface area contributed by atoms with Crippen LogP contribution in [0.2, 0.25) is 0 Å². The zero-order valence-corrected chi connectivity index (χ0v) is 10.8. The number of hydrogen-bond donors (Lipinski definition) is 1. The molecule has 1 amide bonds. The average Bonchev–Trinajstić information content (AvgIpc) is 2.32. The van der Waals surface area contributed by atoms with Crippen molar-refractivity contribution < 1.29 is 9.18 Å². The Balaban J connectivity index is 2.25. The maximum Gasteiger partial charge on any atom is 0.257 e. The van der Waals surface area contributed by atoms with Gasteiger partial charge in [-0.25, -0.2) is 4.39 Å². The molecule has 0 saturated carbocycles. The summed E-state index contributed by atoms with van der Waals surface area (Å²) in [4.78, 5) is 14.1. The van der Waals surface area contributed by atoms with E-state index in [-0.39, 0.29) is 17.5 Å². The van der Waals surface area contributed by atoms with Crippen LogP contribution in [0.5, 0.6) is 0 Å². The Bertz CT molecular complexity index is 461. The van der Waals surface area contributed by atoms with Crippen molar-refractivity contribution in [3.05, 3.63) is 29.6 Å². The zero-order valence-electron chi connectivity index (χ0n) is 10.8. The molecule has 18 heavy (non-hydrogen) atoms. The number of carbonyl (C=O) groups excluding carboxylic acids is 1. The minimum atomic E-state index is -0.537. The highest BCUT2D eigenvalue weighted by Crippen LogP contribution is 2.25. The van der Waals surface area contributed by atoms with Gasteiger partial charge in [-0.05, 0) is 43.9 Å². The summed E-state index contributed by atoms with van der Waals surface area (Å²) in [7, 11) is 0. The van der Waals surface area contributed by atoms with Crippen molar-refractivity contribution in [2.75, 3.05) is 12.3 Å². The lowest BCUT2D eigenvalue weighted by Gasteiger charge is -2.38. The third-order valence-corrected chi connectivity index (χ3v) is 3.86. The maximum atomic E-state index is 13.8. The smallest absolute Gasteiger partial charge is 0.257 e. The Morgan fingerprint density at radius 1 is 1.44 bits per heavy atom. The quantitative estimate of drug-likeness (QED) is 0.779. The standard InChI is InChI=1S/C14H19FN2O/c1-9-4-3-7-17(10(9)2)14(18)12-6-5-11(16)8-13(12)15/h5-6,8-10H,3-4,7,16H2,1-2H3. The molecule has 0 radical (unpaired) electrons. The highest BCUT2D eigenvalue weighted by molar-refractivity contribution is 5.95. The first-order chi connectivity index (χ1) is 8.50. The van der Waals surface area contributed by atoms with Gasteiger partial charge in [-0.15, -0.1) is 0 Å². The van der Waals surface area contributed by atoms with Crippen LogP contribution in [0.25, 0.3) is 0 Å². The van der Waals surface area contributed by atoms with Crippen LogP contribution >= 0.6 is 0 Å². The molecule has 0 aliphatic carbocycles. The molecule has 98 valence electrons. The van der Waals surface area contributed by atoms with Gasteiger partial charge in [0.25, 0.3) is 5.91 Å². The van der Waals surface area contributed by atoms with Gasteiger partial charge in [0.15, 0.2) is 0 Å². The Hall–Kier alpha value is -1.58. The summed E-state index contributed by atoms with van der Waals surface area (Å²) in [6.07, 6.45) is 2.10. The lowest BCUT2D eigenvalue weighted by molar-refractivity contribution is 0.0546. The lowest BCUT2D eigenvalue weighted by Crippen LogP contribution is -2.46. The molecule has 1 fully saturated rings. The Morgan fingerprint density at radius 3 is 2.83 bits per heavy atom. The van der Waals surface area contributed by atoms with Crippen molar-refractivity contribution in [1.82, 2.24) is 4.90 Å². The molecule has 4 heteroatoms. The predicted octanol–water partition coefficient (Wildman–Crippen LogP) is 2.67. The molecule has 3 nitrogen and oxygen atoms in total. The third-order valence-electron chi connectivity index (χ3n) is 3.86. The number of carbonyl (C=O) groups is 1. The Labute approximate surface area is 107 Å². The second-order valence-electron chi connectivity index (χ2n) is 5.10. The van der Waals surface area contributed by atoms with Gasteiger partial charge in [-0.2, -0.15) is 0 Å². The van der Waals surface area contributed by atoms with E-state index in [1.807, 2.05) is 6.92 Å². The summed E-state index contributed by atoms with van der Waals surface area (Å²) in [6, 6.07) is 4.39. The number of hydrogen-bond acceptors (Lipinski definition) is 2. The lowest BCUT2D eigenvalue weighted by atomic mass is 9.91. The summed E-state index contributed by atoms with van der Waals surface area (Å²) in [5.74, 6) is -0.309. The topological polar surface area (TPSA) is 46.3 Å². The minimum absolute atomic E-state index is 0.116. The molecule has 0 spiro atoms. The van der Waals surface area contributed by atoms with E-state index in [1.54, 1.807) is 11.0 Å². The second-order valence-corrected chi connectivity index (χ2v) is 5.10. The van der Waals surface area contributed by atoms with Gasteiger partial charge >= 0.3 is 0 Å². The molecule has 2 atom stereocenters. The number of halogens is 1. The van der Waals surface area contributed by atoms with E-state index in [1.165, 1.54) is 12.1 Å². The van der Waals surface area contributed by atoms with Crippen LogP contribution in [0.15, 0.2) is 18.2 Å². The fourth-order valence-electron chi connectivity index (χ4n) is 2.48. The molecule has 1 aliphatic rings. The molecule has 1 saturated heterocycles. The number of rotatable bonds is 1. The zero-order chi connectivity index (χ0) is 13.3. The van der Waals surface area contributed by atoms with E-state index in [0.29, 0.717) is 18.2 Å². The van der Waals surface area contributed by atoms with Crippen molar-refractivity contribution in [2.24, 2.45) is 5.92 Å². The second kappa shape index (κ2) is 4.96. The predicted molar refractivity (Wildman–Crippen MR) is 69.7 cm³/mol. The van der Waals surface area contributed by atoms with Crippen molar-refractivity contribution in [3.8, 4) is 0 Å². The number of benzene rings is 1. The van der Waals surface area contributed by atoms with Crippen LogP contribution < -0.4 is 5.73 Å². The van der Waals surface area contributed by atoms with Gasteiger partial charge in [0.1, 0.15) is 5.82 Å². The van der Waals surface area contributed by atoms with Crippen molar-refractivity contribution >= 4 is 11.6 Å². The van der Waals surface area contributed by atoms with E-state index in [9.17, 15) is 9.18 Å².